The summed E-state index contributed by atoms with van der Waals surface area (Å²) in [5, 5.41) is 2.85. The Morgan fingerprint density at radius 3 is 2.53 bits per heavy atom. The topological polar surface area (TPSA) is 111 Å². The van der Waals surface area contributed by atoms with Crippen LogP contribution in [-0.2, 0) is 20.9 Å². The summed E-state index contributed by atoms with van der Waals surface area (Å²) in [6.45, 7) is 5.83. The normalized spacial score (nSPS) is 21.0. The van der Waals surface area contributed by atoms with E-state index in [1.54, 1.807) is 32.2 Å². The number of methoxy groups -OCH3 is 2. The van der Waals surface area contributed by atoms with E-state index >= 15 is 0 Å². The minimum atomic E-state index is -1.11. The number of esters is 1. The molecule has 2 aromatic rings. The van der Waals surface area contributed by atoms with Crippen molar-refractivity contribution in [1.29, 1.82) is 0 Å². The van der Waals surface area contributed by atoms with Crippen LogP contribution >= 0.6 is 0 Å². The van der Waals surface area contributed by atoms with Crippen molar-refractivity contribution in [3.63, 3.8) is 0 Å². The lowest BCUT2D eigenvalue weighted by Gasteiger charge is -2.39. The van der Waals surface area contributed by atoms with Crippen LogP contribution in [0.1, 0.15) is 24.1 Å². The summed E-state index contributed by atoms with van der Waals surface area (Å²) in [6.07, 6.45) is 0. The molecule has 0 aromatic heterocycles. The monoisotopic (exact) mass is 524 g/mol. The highest BCUT2D eigenvalue weighted by Gasteiger charge is 2.42. The maximum atomic E-state index is 13.2. The van der Waals surface area contributed by atoms with Crippen molar-refractivity contribution < 1.29 is 33.3 Å². The molecule has 11 heteroatoms. The fraction of sp³-hybridized carbons (Fsp3) is 0.444. The van der Waals surface area contributed by atoms with Gasteiger partial charge in [0.05, 0.1) is 20.8 Å². The lowest BCUT2D eigenvalue weighted by molar-refractivity contribution is -0.153. The predicted octanol–water partition coefficient (Wildman–Crippen LogP) is 1.96. The Balaban J connectivity index is 1.33. The number of guanidine groups is 1. The summed E-state index contributed by atoms with van der Waals surface area (Å²) >= 11 is 0. The van der Waals surface area contributed by atoms with Crippen molar-refractivity contribution in [3.8, 4) is 23.0 Å². The van der Waals surface area contributed by atoms with E-state index in [-0.39, 0.29) is 13.4 Å². The average molecular weight is 525 g/mol. The minimum absolute atomic E-state index is 0.170. The summed E-state index contributed by atoms with van der Waals surface area (Å²) in [5.41, 5.74) is 1.81. The van der Waals surface area contributed by atoms with Crippen molar-refractivity contribution in [2.45, 2.75) is 19.5 Å². The highest BCUT2D eigenvalue weighted by molar-refractivity contribution is 6.08. The van der Waals surface area contributed by atoms with E-state index in [0.29, 0.717) is 36.1 Å². The van der Waals surface area contributed by atoms with Gasteiger partial charge in [-0.1, -0.05) is 12.1 Å². The summed E-state index contributed by atoms with van der Waals surface area (Å²) < 4.78 is 26.9. The highest BCUT2D eigenvalue weighted by atomic mass is 16.7. The molecule has 0 bridgehead atoms. The predicted molar refractivity (Wildman–Crippen MR) is 137 cm³/mol. The fourth-order valence-corrected chi connectivity index (χ4v) is 4.92. The second-order valence-electron chi connectivity index (χ2n) is 9.18. The summed E-state index contributed by atoms with van der Waals surface area (Å²) in [5.74, 6) is 0.895. The number of benzene rings is 2. The lowest BCUT2D eigenvalue weighted by Crippen LogP contribution is -2.57. The first-order valence-electron chi connectivity index (χ1n) is 12.6. The van der Waals surface area contributed by atoms with Gasteiger partial charge in [-0.3, -0.25) is 19.8 Å². The molecule has 1 saturated heterocycles. The van der Waals surface area contributed by atoms with Crippen LogP contribution in [0.3, 0.4) is 0 Å². The van der Waals surface area contributed by atoms with E-state index in [9.17, 15) is 9.59 Å². The van der Waals surface area contributed by atoms with Crippen LogP contribution in [0.25, 0.3) is 0 Å². The van der Waals surface area contributed by atoms with Crippen molar-refractivity contribution in [1.82, 2.24) is 15.1 Å². The third kappa shape index (κ3) is 5.19. The number of ether oxygens (including phenoxy) is 5. The first-order valence-corrected chi connectivity index (χ1v) is 12.6. The zero-order valence-electron chi connectivity index (χ0n) is 21.8. The Labute approximate surface area is 221 Å². The van der Waals surface area contributed by atoms with Crippen LogP contribution in [0.15, 0.2) is 41.4 Å². The molecule has 11 nitrogen and oxygen atoms in total. The van der Waals surface area contributed by atoms with Gasteiger partial charge in [0.1, 0.15) is 6.04 Å². The number of fused-ring (bicyclic) bond motifs is 1. The Morgan fingerprint density at radius 1 is 1.03 bits per heavy atom. The summed E-state index contributed by atoms with van der Waals surface area (Å²) in [6, 6.07) is 10.5. The van der Waals surface area contributed by atoms with Gasteiger partial charge in [0.15, 0.2) is 28.9 Å². The molecule has 0 unspecified atom stereocenters. The van der Waals surface area contributed by atoms with Gasteiger partial charge >= 0.3 is 5.97 Å². The quantitative estimate of drug-likeness (QED) is 0.429. The smallest absolute Gasteiger partial charge is 0.321 e. The number of hydrogen-bond acceptors (Lipinski definition) is 10. The number of carbonyl (C=O) groups excluding carboxylic acids is 2. The molecule has 3 heterocycles. The third-order valence-corrected chi connectivity index (χ3v) is 6.90. The maximum absolute atomic E-state index is 13.2. The zero-order chi connectivity index (χ0) is 26.6. The second kappa shape index (κ2) is 11.2. The second-order valence-corrected chi connectivity index (χ2v) is 9.18. The molecule has 2 atom stereocenters. The van der Waals surface area contributed by atoms with Gasteiger partial charge < -0.3 is 28.6 Å². The van der Waals surface area contributed by atoms with Crippen LogP contribution in [-0.4, -0.2) is 81.4 Å². The van der Waals surface area contributed by atoms with Crippen molar-refractivity contribution in [2.24, 2.45) is 10.9 Å². The van der Waals surface area contributed by atoms with Gasteiger partial charge in [-0.15, -0.1) is 0 Å². The Bertz CT molecular complexity index is 1230. The standard InChI is InChI=1S/C27H32N4O7/c1-4-36-26(33)23-24(18-6-8-19(34-2)21(14-18)35-3)28-27(29-25(23)32)31-11-9-30(10-12-31)15-17-5-7-20-22(13-17)38-16-37-20/h5-8,13-14,23-24H,4,9-12,15-16H2,1-3H3,(H,28,29,32)/t23-,24+/m1/s1. The van der Waals surface area contributed by atoms with Gasteiger partial charge in [0, 0.05) is 32.7 Å². The molecule has 1 N–H and O–H groups in total. The Hall–Kier alpha value is -3.99. The largest absolute Gasteiger partial charge is 0.493 e. The maximum Gasteiger partial charge on any atom is 0.321 e. The number of rotatable bonds is 7. The van der Waals surface area contributed by atoms with E-state index in [1.165, 1.54) is 7.11 Å². The molecule has 202 valence electrons. The molecule has 0 aliphatic carbocycles. The number of amides is 1. The summed E-state index contributed by atoms with van der Waals surface area (Å²) in [7, 11) is 3.09. The third-order valence-electron chi connectivity index (χ3n) is 6.90. The number of carbonyl (C=O) groups is 2. The number of hydrogen-bond donors (Lipinski definition) is 1. The molecule has 38 heavy (non-hydrogen) atoms. The molecule has 5 rings (SSSR count). The van der Waals surface area contributed by atoms with E-state index in [1.807, 2.05) is 17.0 Å². The van der Waals surface area contributed by atoms with Crippen molar-refractivity contribution in [3.05, 3.63) is 47.5 Å². The number of piperazine rings is 1. The van der Waals surface area contributed by atoms with E-state index in [0.717, 1.165) is 36.7 Å². The average Bonchev–Trinajstić information content (AvgIpc) is 3.40. The van der Waals surface area contributed by atoms with Gasteiger partial charge in [-0.25, -0.2) is 4.99 Å². The zero-order valence-corrected chi connectivity index (χ0v) is 21.8. The van der Waals surface area contributed by atoms with Crippen LogP contribution in [0, 0.1) is 5.92 Å². The van der Waals surface area contributed by atoms with Crippen LogP contribution in [0.5, 0.6) is 23.0 Å². The molecule has 0 spiro atoms. The van der Waals surface area contributed by atoms with Crippen LogP contribution < -0.4 is 24.3 Å². The Kier molecular flexibility index (Phi) is 7.54. The molecule has 2 aromatic carbocycles. The van der Waals surface area contributed by atoms with Gasteiger partial charge in [0.25, 0.3) is 0 Å². The van der Waals surface area contributed by atoms with Gasteiger partial charge in [0.2, 0.25) is 18.7 Å². The molecular formula is C27H32N4O7. The van der Waals surface area contributed by atoms with Crippen LogP contribution in [0.4, 0.5) is 0 Å². The first-order chi connectivity index (χ1) is 18.5. The van der Waals surface area contributed by atoms with Crippen LogP contribution in [0.2, 0.25) is 0 Å². The molecule has 0 radical (unpaired) electrons. The van der Waals surface area contributed by atoms with Gasteiger partial charge in [-0.2, -0.15) is 0 Å². The summed E-state index contributed by atoms with van der Waals surface area (Å²) in [4.78, 5) is 35.2. The Morgan fingerprint density at radius 2 is 1.79 bits per heavy atom. The van der Waals surface area contributed by atoms with E-state index < -0.39 is 23.8 Å². The molecule has 1 amide bonds. The molecular weight excluding hydrogens is 492 g/mol. The van der Waals surface area contributed by atoms with Gasteiger partial charge in [-0.05, 0) is 42.3 Å². The SMILES string of the molecule is CCOC(=O)[C@H]1C(=O)NC(N2CCN(Cc3ccc4c(c3)OCO4)CC2)=N[C@H]1c1ccc(OC)c(OC)c1. The minimum Gasteiger partial charge on any atom is -0.493 e. The molecule has 3 aliphatic heterocycles. The van der Waals surface area contributed by atoms with Crippen molar-refractivity contribution in [2.75, 3.05) is 53.8 Å². The van der Waals surface area contributed by atoms with E-state index in [4.69, 9.17) is 28.7 Å². The first kappa shape index (κ1) is 25.7. The fourth-order valence-electron chi connectivity index (χ4n) is 4.92. The number of nitrogens with one attached hydrogen (secondary N) is 1. The number of aliphatic imine (C=N–C) groups is 1. The number of nitrogens with zero attached hydrogens (tertiary/aromatic N) is 3. The lowest BCUT2D eigenvalue weighted by atomic mass is 9.91. The highest BCUT2D eigenvalue weighted by Crippen LogP contribution is 2.37. The molecule has 1 fully saturated rings. The van der Waals surface area contributed by atoms with Crippen molar-refractivity contribution >= 4 is 17.8 Å². The molecule has 3 aliphatic rings. The molecule has 0 saturated carbocycles. The van der Waals surface area contributed by atoms with E-state index in [2.05, 4.69) is 16.3 Å².